The molecule has 0 saturated heterocycles. The second kappa shape index (κ2) is 3.34. The van der Waals surface area contributed by atoms with Crippen LogP contribution >= 0.6 is 0 Å². The van der Waals surface area contributed by atoms with Crippen LogP contribution in [0.4, 0.5) is 0 Å². The van der Waals surface area contributed by atoms with Gasteiger partial charge in [-0.25, -0.2) is 0 Å². The fourth-order valence-electron chi connectivity index (χ4n) is 0.235. The van der Waals surface area contributed by atoms with Gasteiger partial charge in [0.2, 0.25) is 0 Å². The van der Waals surface area contributed by atoms with Crippen molar-refractivity contribution >= 4 is 24.6 Å². The molecular formula is C4H3O4S-3. The molecule has 0 spiro atoms. The zero-order chi connectivity index (χ0) is 7.44. The standard InChI is InChI=1S/C4H6O4S/c5-3(6)1-2(9)4(7)8/h2,9H,1H2,(H,5,6)(H,7,8)/p-3. The highest BCUT2D eigenvalue weighted by Gasteiger charge is 1.91. The van der Waals surface area contributed by atoms with E-state index in [0.29, 0.717) is 0 Å². The lowest BCUT2D eigenvalue weighted by Gasteiger charge is -2.23. The highest BCUT2D eigenvalue weighted by Crippen LogP contribution is 1.87. The number of rotatable bonds is 3. The fraction of sp³-hybridized carbons (Fsp3) is 0.500. The predicted molar refractivity (Wildman–Crippen MR) is 25.8 cm³/mol. The van der Waals surface area contributed by atoms with Gasteiger partial charge in [0, 0.05) is 11.9 Å². The van der Waals surface area contributed by atoms with Crippen LogP contribution in [0.25, 0.3) is 0 Å². The first-order valence-electron chi connectivity index (χ1n) is 2.10. The van der Waals surface area contributed by atoms with Crippen LogP contribution in [0.3, 0.4) is 0 Å². The molecule has 0 bridgehead atoms. The normalized spacial score (nSPS) is 12.6. The minimum absolute atomic E-state index is 0.669. The van der Waals surface area contributed by atoms with Crippen LogP contribution in [0, 0.1) is 0 Å². The Morgan fingerprint density at radius 1 is 1.44 bits per heavy atom. The summed E-state index contributed by atoms with van der Waals surface area (Å²) >= 11 is 4.15. The molecule has 0 fully saturated rings. The summed E-state index contributed by atoms with van der Waals surface area (Å²) in [5.74, 6) is -3.02. The van der Waals surface area contributed by atoms with Crippen LogP contribution in [0.2, 0.25) is 0 Å². The first kappa shape index (κ1) is 8.29. The summed E-state index contributed by atoms with van der Waals surface area (Å²) in [7, 11) is 0. The first-order valence-corrected chi connectivity index (χ1v) is 2.57. The zero-order valence-corrected chi connectivity index (χ0v) is 5.14. The van der Waals surface area contributed by atoms with Crippen molar-refractivity contribution in [1.29, 1.82) is 0 Å². The van der Waals surface area contributed by atoms with Gasteiger partial charge in [0.05, 0.1) is 0 Å². The molecule has 4 nitrogen and oxygen atoms in total. The summed E-state index contributed by atoms with van der Waals surface area (Å²) < 4.78 is 0. The molecule has 0 heterocycles. The molecule has 0 aliphatic carbocycles. The van der Waals surface area contributed by atoms with E-state index >= 15 is 0 Å². The number of carbonyl (C=O) groups excluding carboxylic acids is 2. The van der Waals surface area contributed by atoms with Crippen LogP contribution < -0.4 is 10.2 Å². The minimum atomic E-state index is -1.55. The van der Waals surface area contributed by atoms with Crippen LogP contribution in [0.5, 0.6) is 0 Å². The molecule has 0 N–H and O–H groups in total. The highest BCUT2D eigenvalue weighted by molar-refractivity contribution is 7.60. The number of hydrogen-bond acceptors (Lipinski definition) is 5. The van der Waals surface area contributed by atoms with Gasteiger partial charge in [-0.05, 0) is 6.42 Å². The SMILES string of the molecule is O=C([O-])CC([S-])C(=O)[O-]. The van der Waals surface area contributed by atoms with Gasteiger partial charge < -0.3 is 32.4 Å². The molecule has 5 heteroatoms. The molecule has 1 unspecified atom stereocenters. The molecule has 0 aromatic heterocycles. The summed E-state index contributed by atoms with van der Waals surface area (Å²) in [6, 6.07) is 0. The average Bonchev–Trinajstić information content (AvgIpc) is 1.63. The maximum Gasteiger partial charge on any atom is 0.0401 e. The first-order chi connectivity index (χ1) is 4.04. The molecule has 0 radical (unpaired) electrons. The largest absolute Gasteiger partial charge is 0.783 e. The Bertz CT molecular complexity index is 133. The number of carbonyl (C=O) groups is 2. The molecule has 0 amide bonds. The molecule has 0 aliphatic rings. The van der Waals surface area contributed by atoms with Gasteiger partial charge in [0.25, 0.3) is 0 Å². The number of carboxylic acids is 2. The highest BCUT2D eigenvalue weighted by atomic mass is 32.1. The monoisotopic (exact) mass is 147 g/mol. The van der Waals surface area contributed by atoms with Gasteiger partial charge in [-0.3, -0.25) is 0 Å². The van der Waals surface area contributed by atoms with E-state index in [9.17, 15) is 19.8 Å². The number of carboxylic acid groups (broad SMARTS) is 2. The smallest absolute Gasteiger partial charge is 0.0401 e. The van der Waals surface area contributed by atoms with E-state index in [0.717, 1.165) is 0 Å². The summed E-state index contributed by atoms with van der Waals surface area (Å²) in [6.07, 6.45) is -0.669. The van der Waals surface area contributed by atoms with E-state index in [1.165, 1.54) is 0 Å². The van der Waals surface area contributed by atoms with E-state index in [1.807, 2.05) is 0 Å². The average molecular weight is 147 g/mol. The van der Waals surface area contributed by atoms with E-state index in [4.69, 9.17) is 0 Å². The molecule has 0 aromatic carbocycles. The Balaban J connectivity index is 3.63. The minimum Gasteiger partial charge on any atom is -0.783 e. The third-order valence-corrected chi connectivity index (χ3v) is 0.974. The van der Waals surface area contributed by atoms with Gasteiger partial charge >= 0.3 is 0 Å². The van der Waals surface area contributed by atoms with Crippen molar-refractivity contribution in [3.8, 4) is 0 Å². The quantitative estimate of drug-likeness (QED) is 0.392. The Kier molecular flexibility index (Phi) is 3.08. The van der Waals surface area contributed by atoms with Crippen molar-refractivity contribution < 1.29 is 19.8 Å². The molecular weight excluding hydrogens is 144 g/mol. The number of hydrogen-bond donors (Lipinski definition) is 0. The van der Waals surface area contributed by atoms with Crippen molar-refractivity contribution in [3.63, 3.8) is 0 Å². The lowest BCUT2D eigenvalue weighted by Crippen LogP contribution is -2.38. The second-order valence-corrected chi connectivity index (χ2v) is 1.95. The van der Waals surface area contributed by atoms with E-state index < -0.39 is 23.6 Å². The van der Waals surface area contributed by atoms with Crippen molar-refractivity contribution in [3.05, 3.63) is 0 Å². The van der Waals surface area contributed by atoms with Gasteiger partial charge in [-0.15, -0.1) is 5.25 Å². The van der Waals surface area contributed by atoms with Crippen molar-refractivity contribution in [1.82, 2.24) is 0 Å². The lowest BCUT2D eigenvalue weighted by molar-refractivity contribution is -0.314. The maximum atomic E-state index is 9.73. The molecule has 1 atom stereocenters. The third-order valence-electron chi connectivity index (χ3n) is 0.615. The van der Waals surface area contributed by atoms with Crippen molar-refractivity contribution in [2.75, 3.05) is 0 Å². The van der Waals surface area contributed by atoms with Gasteiger partial charge in [-0.2, -0.15) is 0 Å². The second-order valence-electron chi connectivity index (χ2n) is 1.38. The predicted octanol–water partition coefficient (Wildman–Crippen LogP) is -3.21. The Labute approximate surface area is 56.9 Å². The summed E-state index contributed by atoms with van der Waals surface area (Å²) in [4.78, 5) is 19.4. The molecule has 0 saturated carbocycles. The van der Waals surface area contributed by atoms with Crippen molar-refractivity contribution in [2.24, 2.45) is 0 Å². The third kappa shape index (κ3) is 3.84. The molecule has 0 rings (SSSR count). The molecule has 0 aliphatic heterocycles. The lowest BCUT2D eigenvalue weighted by atomic mass is 10.3. The zero-order valence-electron chi connectivity index (χ0n) is 4.33. The maximum absolute atomic E-state index is 9.73. The van der Waals surface area contributed by atoms with Gasteiger partial charge in [0.1, 0.15) is 0 Å². The van der Waals surface area contributed by atoms with Crippen LogP contribution in [-0.4, -0.2) is 17.2 Å². The van der Waals surface area contributed by atoms with E-state index in [1.54, 1.807) is 0 Å². The van der Waals surface area contributed by atoms with E-state index in [-0.39, 0.29) is 0 Å². The summed E-state index contributed by atoms with van der Waals surface area (Å²) in [5, 5.41) is 18.0. The Morgan fingerprint density at radius 3 is 2.00 bits per heavy atom. The molecule has 9 heavy (non-hydrogen) atoms. The molecule has 0 aromatic rings. The van der Waals surface area contributed by atoms with Crippen LogP contribution in [0.15, 0.2) is 0 Å². The topological polar surface area (TPSA) is 80.3 Å². The molecule has 52 valence electrons. The van der Waals surface area contributed by atoms with Gasteiger partial charge in [-0.1, -0.05) is 0 Å². The van der Waals surface area contributed by atoms with Crippen molar-refractivity contribution in [2.45, 2.75) is 11.7 Å². The van der Waals surface area contributed by atoms with Gasteiger partial charge in [0.15, 0.2) is 0 Å². The van der Waals surface area contributed by atoms with E-state index in [2.05, 4.69) is 12.6 Å². The summed E-state index contributed by atoms with van der Waals surface area (Å²) in [5.41, 5.74) is 0. The number of aliphatic carboxylic acids is 2. The van der Waals surface area contributed by atoms with Crippen LogP contribution in [-0.2, 0) is 22.2 Å². The Hall–Kier alpha value is -0.710. The Morgan fingerprint density at radius 2 is 1.89 bits per heavy atom. The van der Waals surface area contributed by atoms with Crippen LogP contribution in [0.1, 0.15) is 6.42 Å². The summed E-state index contributed by atoms with van der Waals surface area (Å²) in [6.45, 7) is 0. The fourth-order valence-corrected chi connectivity index (χ4v) is 0.371.